The van der Waals surface area contributed by atoms with E-state index in [0.717, 1.165) is 60.9 Å². The van der Waals surface area contributed by atoms with E-state index >= 15 is 0 Å². The van der Waals surface area contributed by atoms with Gasteiger partial charge in [-0.25, -0.2) is 9.97 Å². The van der Waals surface area contributed by atoms with Crippen molar-refractivity contribution < 1.29 is 14.3 Å². The number of hydrazone groups is 1. The molecule has 2 fully saturated rings. The Labute approximate surface area is 181 Å². The number of nitrogens with zero attached hydrogens (tertiary/aromatic N) is 5. The van der Waals surface area contributed by atoms with E-state index in [9.17, 15) is 4.79 Å². The summed E-state index contributed by atoms with van der Waals surface area (Å²) in [7, 11) is 1.54. The average molecular weight is 425 g/mol. The summed E-state index contributed by atoms with van der Waals surface area (Å²) >= 11 is 0. The SMILES string of the molecule is COCC(=O)N1CCN(c2cc(C3=NNC4CC=C(OC5(C)CC5)C=C34)ncn2)CC1. The number of hydrogen-bond donors (Lipinski definition) is 1. The Balaban J connectivity index is 1.29. The molecule has 4 aliphatic rings. The van der Waals surface area contributed by atoms with Gasteiger partial charge < -0.3 is 24.7 Å². The minimum absolute atomic E-state index is 0.00601. The molecule has 5 rings (SSSR count). The second-order valence-electron chi connectivity index (χ2n) is 8.70. The first kappa shape index (κ1) is 20.0. The molecule has 9 nitrogen and oxygen atoms in total. The van der Waals surface area contributed by atoms with Crippen molar-refractivity contribution in [3.8, 4) is 0 Å². The second kappa shape index (κ2) is 7.96. The van der Waals surface area contributed by atoms with Crippen LogP contribution in [0.5, 0.6) is 0 Å². The van der Waals surface area contributed by atoms with Crippen molar-refractivity contribution in [1.82, 2.24) is 20.3 Å². The maximum absolute atomic E-state index is 12.0. The standard InChI is InChI=1S/C22H28N6O3/c1-22(5-6-22)31-15-3-4-17-16(11-15)21(26-25-17)18-12-19(24-14-23-18)27-7-9-28(10-8-27)20(29)13-30-2/h3,11-12,14,17,25H,4-10,13H2,1-2H3. The van der Waals surface area contributed by atoms with Crippen LogP contribution in [0.3, 0.4) is 0 Å². The van der Waals surface area contributed by atoms with Gasteiger partial charge in [0.15, 0.2) is 0 Å². The lowest BCUT2D eigenvalue weighted by atomic mass is 9.94. The zero-order chi connectivity index (χ0) is 21.4. The highest BCUT2D eigenvalue weighted by Crippen LogP contribution is 2.42. The fraction of sp³-hybridized carbons (Fsp3) is 0.545. The molecule has 1 amide bonds. The molecule has 1 saturated heterocycles. The molecule has 1 unspecified atom stereocenters. The van der Waals surface area contributed by atoms with Gasteiger partial charge in [-0.3, -0.25) is 4.79 Å². The number of carbonyl (C=O) groups excluding carboxylic acids is 1. The van der Waals surface area contributed by atoms with Crippen LogP contribution in [0.25, 0.3) is 0 Å². The van der Waals surface area contributed by atoms with Crippen molar-refractivity contribution in [3.63, 3.8) is 0 Å². The number of methoxy groups -OCH3 is 1. The van der Waals surface area contributed by atoms with Crippen LogP contribution < -0.4 is 10.3 Å². The van der Waals surface area contributed by atoms with Crippen LogP contribution in [0.15, 0.2) is 41.0 Å². The fourth-order valence-electron chi connectivity index (χ4n) is 4.12. The Morgan fingerprint density at radius 3 is 2.81 bits per heavy atom. The van der Waals surface area contributed by atoms with Crippen molar-refractivity contribution in [3.05, 3.63) is 41.6 Å². The maximum Gasteiger partial charge on any atom is 0.248 e. The van der Waals surface area contributed by atoms with Gasteiger partial charge in [0.2, 0.25) is 5.91 Å². The molecule has 31 heavy (non-hydrogen) atoms. The van der Waals surface area contributed by atoms with Crippen molar-refractivity contribution in [2.75, 3.05) is 44.8 Å². The summed E-state index contributed by atoms with van der Waals surface area (Å²) in [6.07, 6.45) is 8.88. The first-order chi connectivity index (χ1) is 15.0. The Bertz CT molecular complexity index is 960. The van der Waals surface area contributed by atoms with E-state index in [0.29, 0.717) is 13.1 Å². The van der Waals surface area contributed by atoms with Crippen LogP contribution in [0, 0.1) is 0 Å². The molecule has 0 spiro atoms. The van der Waals surface area contributed by atoms with Crippen LogP contribution in [0.1, 0.15) is 31.9 Å². The molecule has 1 aromatic rings. The highest BCUT2D eigenvalue weighted by atomic mass is 16.5. The van der Waals surface area contributed by atoms with Gasteiger partial charge >= 0.3 is 0 Å². The molecule has 3 heterocycles. The normalized spacial score (nSPS) is 23.9. The first-order valence-corrected chi connectivity index (χ1v) is 10.8. The lowest BCUT2D eigenvalue weighted by Gasteiger charge is -2.35. The minimum Gasteiger partial charge on any atom is -0.488 e. The number of amides is 1. The van der Waals surface area contributed by atoms with Gasteiger partial charge in [-0.2, -0.15) is 5.10 Å². The van der Waals surface area contributed by atoms with Crippen molar-refractivity contribution in [1.29, 1.82) is 0 Å². The molecule has 9 heteroatoms. The minimum atomic E-state index is -0.00601. The lowest BCUT2D eigenvalue weighted by molar-refractivity contribution is -0.135. The topological polar surface area (TPSA) is 92.2 Å². The Kier molecular flexibility index (Phi) is 5.13. The van der Waals surface area contributed by atoms with Gasteiger partial charge in [-0.05, 0) is 38.3 Å². The summed E-state index contributed by atoms with van der Waals surface area (Å²) in [5.74, 6) is 1.80. The molecule has 1 N–H and O–H groups in total. The summed E-state index contributed by atoms with van der Waals surface area (Å²) in [5, 5.41) is 4.57. The number of piperazine rings is 1. The Hall–Kier alpha value is -2.94. The molecule has 1 aromatic heterocycles. The van der Waals surface area contributed by atoms with E-state index < -0.39 is 0 Å². The quantitative estimate of drug-likeness (QED) is 0.734. The second-order valence-corrected chi connectivity index (χ2v) is 8.70. The summed E-state index contributed by atoms with van der Waals surface area (Å²) in [5.41, 5.74) is 5.97. The molecule has 0 radical (unpaired) electrons. The van der Waals surface area contributed by atoms with Crippen molar-refractivity contribution in [2.45, 2.75) is 37.8 Å². The number of rotatable bonds is 6. The Morgan fingerprint density at radius 2 is 2.06 bits per heavy atom. The number of anilines is 1. The molecule has 1 atom stereocenters. The van der Waals surface area contributed by atoms with Crippen LogP contribution in [-0.2, 0) is 14.3 Å². The van der Waals surface area contributed by atoms with Crippen molar-refractivity contribution >= 4 is 17.4 Å². The summed E-state index contributed by atoms with van der Waals surface area (Å²) < 4.78 is 11.1. The summed E-state index contributed by atoms with van der Waals surface area (Å²) in [6, 6.07) is 2.14. The molecule has 2 aliphatic carbocycles. The van der Waals surface area contributed by atoms with Gasteiger partial charge in [0.05, 0.1) is 11.7 Å². The molecule has 164 valence electrons. The predicted molar refractivity (Wildman–Crippen MR) is 116 cm³/mol. The van der Waals surface area contributed by atoms with E-state index in [4.69, 9.17) is 9.47 Å². The third-order valence-electron chi connectivity index (χ3n) is 6.27. The van der Waals surface area contributed by atoms with E-state index in [1.807, 2.05) is 11.0 Å². The number of aromatic nitrogens is 2. The first-order valence-electron chi connectivity index (χ1n) is 10.8. The molecule has 1 saturated carbocycles. The molecule has 0 aromatic carbocycles. The summed E-state index contributed by atoms with van der Waals surface area (Å²) in [4.78, 5) is 25.0. The fourth-order valence-corrected chi connectivity index (χ4v) is 4.12. The number of ether oxygens (including phenoxy) is 2. The molecular weight excluding hydrogens is 396 g/mol. The van der Waals surface area contributed by atoms with Gasteiger partial charge in [0.25, 0.3) is 0 Å². The molecular formula is C22H28N6O3. The number of fused-ring (bicyclic) bond motifs is 1. The van der Waals surface area contributed by atoms with Crippen LogP contribution >= 0.6 is 0 Å². The van der Waals surface area contributed by atoms with E-state index in [-0.39, 0.29) is 24.2 Å². The van der Waals surface area contributed by atoms with Gasteiger partial charge in [-0.15, -0.1) is 0 Å². The number of hydrogen-bond acceptors (Lipinski definition) is 8. The van der Waals surface area contributed by atoms with Crippen LogP contribution in [0.4, 0.5) is 5.82 Å². The predicted octanol–water partition coefficient (Wildman–Crippen LogP) is 1.23. The third-order valence-corrected chi connectivity index (χ3v) is 6.27. The maximum atomic E-state index is 12.0. The van der Waals surface area contributed by atoms with Gasteiger partial charge in [0.1, 0.15) is 35.8 Å². The highest BCUT2D eigenvalue weighted by molar-refractivity contribution is 6.14. The van der Waals surface area contributed by atoms with Crippen LogP contribution in [0.2, 0.25) is 0 Å². The van der Waals surface area contributed by atoms with Crippen LogP contribution in [-0.4, -0.2) is 78.0 Å². The number of nitrogens with one attached hydrogen (secondary N) is 1. The number of allylic oxidation sites excluding steroid dienone is 1. The van der Waals surface area contributed by atoms with Gasteiger partial charge in [-0.1, -0.05) is 0 Å². The average Bonchev–Trinajstić information content (AvgIpc) is 3.36. The zero-order valence-corrected chi connectivity index (χ0v) is 18.0. The molecule has 0 bridgehead atoms. The van der Waals surface area contributed by atoms with E-state index in [2.05, 4.69) is 44.5 Å². The number of carbonyl (C=O) groups is 1. The molecule has 2 aliphatic heterocycles. The highest BCUT2D eigenvalue weighted by Gasteiger charge is 2.41. The van der Waals surface area contributed by atoms with Crippen molar-refractivity contribution in [2.24, 2.45) is 5.10 Å². The van der Waals surface area contributed by atoms with E-state index in [1.165, 1.54) is 0 Å². The Morgan fingerprint density at radius 1 is 1.26 bits per heavy atom. The smallest absolute Gasteiger partial charge is 0.248 e. The third kappa shape index (κ3) is 4.14. The van der Waals surface area contributed by atoms with E-state index in [1.54, 1.807) is 13.4 Å². The lowest BCUT2D eigenvalue weighted by Crippen LogP contribution is -2.50. The van der Waals surface area contributed by atoms with Gasteiger partial charge in [0, 0.05) is 44.9 Å². The zero-order valence-electron chi connectivity index (χ0n) is 18.0. The largest absolute Gasteiger partial charge is 0.488 e. The monoisotopic (exact) mass is 424 g/mol. The summed E-state index contributed by atoms with van der Waals surface area (Å²) in [6.45, 7) is 5.03.